The van der Waals surface area contributed by atoms with Crippen molar-refractivity contribution in [2.75, 3.05) is 0 Å². The van der Waals surface area contributed by atoms with Crippen molar-refractivity contribution in [2.24, 2.45) is 0 Å². The first-order chi connectivity index (χ1) is 10.5. The van der Waals surface area contributed by atoms with Crippen molar-refractivity contribution in [3.8, 4) is 0 Å². The first-order valence-corrected chi connectivity index (χ1v) is 8.26. The molecule has 22 heavy (non-hydrogen) atoms. The zero-order valence-electron chi connectivity index (χ0n) is 12.0. The van der Waals surface area contributed by atoms with E-state index in [9.17, 15) is 4.79 Å². The number of hydrogen-bond donors (Lipinski definition) is 0. The lowest BCUT2D eigenvalue weighted by molar-refractivity contribution is -0.149. The van der Waals surface area contributed by atoms with E-state index < -0.39 is 5.79 Å². The highest BCUT2D eigenvalue weighted by atomic mass is 35.5. The van der Waals surface area contributed by atoms with Crippen LogP contribution in [-0.4, -0.2) is 44.1 Å². The van der Waals surface area contributed by atoms with Crippen LogP contribution in [-0.2, 0) is 14.3 Å². The van der Waals surface area contributed by atoms with Gasteiger partial charge in [0.1, 0.15) is 41.0 Å². The van der Waals surface area contributed by atoms with E-state index in [-0.39, 0.29) is 22.8 Å². The molecule has 0 unspecified atom stereocenters. The summed E-state index contributed by atoms with van der Waals surface area (Å²) >= 11 is 7.63. The number of carbonyl (C=O) groups is 1. The molecule has 8 heteroatoms. The molecule has 0 aromatic carbocycles. The van der Waals surface area contributed by atoms with Gasteiger partial charge in [-0.05, 0) is 19.9 Å². The maximum absolute atomic E-state index is 11.4. The number of thioether (sulfide) groups is 1. The molecule has 2 aliphatic rings. The highest BCUT2D eigenvalue weighted by Gasteiger charge is 2.55. The number of aromatic nitrogens is 3. The lowest BCUT2D eigenvalue weighted by atomic mass is 10.1. The van der Waals surface area contributed by atoms with Crippen LogP contribution < -0.4 is 0 Å². The van der Waals surface area contributed by atoms with Gasteiger partial charge >= 0.3 is 0 Å². The van der Waals surface area contributed by atoms with Crippen molar-refractivity contribution in [3.05, 3.63) is 23.7 Å². The van der Waals surface area contributed by atoms with Gasteiger partial charge in [0.15, 0.2) is 5.79 Å². The van der Waals surface area contributed by atoms with Gasteiger partial charge in [0.05, 0.1) is 10.6 Å². The largest absolute Gasteiger partial charge is 0.343 e. The molecule has 0 radical (unpaired) electrons. The number of ether oxygens (including phenoxy) is 2. The lowest BCUT2D eigenvalue weighted by Gasteiger charge is -2.23. The van der Waals surface area contributed by atoms with Crippen LogP contribution in [0.2, 0.25) is 5.15 Å². The smallest absolute Gasteiger partial charge is 0.163 e. The second-order valence-corrected chi connectivity index (χ2v) is 7.47. The average molecular weight is 340 g/mol. The fraction of sp³-hybridized carbons (Fsp3) is 0.500. The molecule has 0 amide bonds. The van der Waals surface area contributed by atoms with Crippen molar-refractivity contribution in [1.82, 2.24) is 14.5 Å². The summed E-state index contributed by atoms with van der Waals surface area (Å²) in [5.74, 6) is -0.689. The zero-order valence-corrected chi connectivity index (χ0v) is 13.5. The number of hydrogen-bond acceptors (Lipinski definition) is 6. The number of aldehydes is 1. The molecule has 2 saturated heterocycles. The molecular weight excluding hydrogens is 326 g/mol. The van der Waals surface area contributed by atoms with E-state index in [0.29, 0.717) is 5.15 Å². The summed E-state index contributed by atoms with van der Waals surface area (Å²) in [6.45, 7) is 3.73. The van der Waals surface area contributed by atoms with Crippen molar-refractivity contribution in [1.29, 1.82) is 0 Å². The highest BCUT2D eigenvalue weighted by Crippen LogP contribution is 2.51. The minimum atomic E-state index is -0.689. The van der Waals surface area contributed by atoms with E-state index in [1.807, 2.05) is 30.7 Å². The van der Waals surface area contributed by atoms with Gasteiger partial charge < -0.3 is 18.8 Å². The predicted molar refractivity (Wildman–Crippen MR) is 82.8 cm³/mol. The Labute approximate surface area is 136 Å². The van der Waals surface area contributed by atoms with Crippen LogP contribution in [0.25, 0.3) is 11.0 Å². The van der Waals surface area contributed by atoms with Gasteiger partial charge in [0.2, 0.25) is 0 Å². The molecule has 2 aromatic heterocycles. The normalized spacial score (nSPS) is 33.2. The Balaban J connectivity index is 1.78. The Bertz CT molecular complexity index is 750. The quantitative estimate of drug-likeness (QED) is 0.618. The average Bonchev–Trinajstić information content (AvgIpc) is 3.10. The molecule has 0 spiro atoms. The van der Waals surface area contributed by atoms with Gasteiger partial charge in [-0.25, -0.2) is 9.97 Å². The summed E-state index contributed by atoms with van der Waals surface area (Å²) in [6, 6.07) is 1.88. The third-order valence-corrected chi connectivity index (χ3v) is 5.70. The number of halogens is 1. The van der Waals surface area contributed by atoms with Crippen molar-refractivity contribution in [2.45, 2.75) is 42.5 Å². The second kappa shape index (κ2) is 4.92. The Morgan fingerprint density at radius 1 is 1.36 bits per heavy atom. The molecule has 4 rings (SSSR count). The monoisotopic (exact) mass is 339 g/mol. The van der Waals surface area contributed by atoms with Crippen molar-refractivity contribution >= 4 is 40.7 Å². The minimum absolute atomic E-state index is 0.0922. The topological polar surface area (TPSA) is 66.2 Å². The first kappa shape index (κ1) is 14.4. The third-order valence-electron chi connectivity index (χ3n) is 3.93. The lowest BCUT2D eigenvalue weighted by Crippen LogP contribution is -2.29. The Hall–Kier alpha value is -1.15. The molecule has 4 heterocycles. The highest BCUT2D eigenvalue weighted by molar-refractivity contribution is 8.01. The molecule has 0 N–H and O–H groups in total. The first-order valence-electron chi connectivity index (χ1n) is 6.93. The molecule has 4 atom stereocenters. The van der Waals surface area contributed by atoms with E-state index in [2.05, 4.69) is 9.97 Å². The summed E-state index contributed by atoms with van der Waals surface area (Å²) in [5, 5.41) is 0.852. The molecule has 2 aromatic rings. The van der Waals surface area contributed by atoms with Gasteiger partial charge in [0, 0.05) is 6.20 Å². The Morgan fingerprint density at radius 2 is 2.14 bits per heavy atom. The van der Waals surface area contributed by atoms with E-state index in [1.165, 1.54) is 18.1 Å². The predicted octanol–water partition coefficient (Wildman–Crippen LogP) is 2.42. The van der Waals surface area contributed by atoms with Gasteiger partial charge in [-0.3, -0.25) is 0 Å². The summed E-state index contributed by atoms with van der Waals surface area (Å²) in [6.07, 6.45) is 3.81. The summed E-state index contributed by atoms with van der Waals surface area (Å²) in [5.41, 5.74) is 0.733. The molecule has 0 aliphatic carbocycles. The number of carbonyl (C=O) groups excluding carboxylic acids is 1. The molecule has 0 saturated carbocycles. The Kier molecular flexibility index (Phi) is 3.23. The van der Waals surface area contributed by atoms with E-state index in [1.54, 1.807) is 0 Å². The van der Waals surface area contributed by atoms with Gasteiger partial charge in [-0.15, -0.1) is 11.8 Å². The number of fused-ring (bicyclic) bond motifs is 2. The van der Waals surface area contributed by atoms with Crippen LogP contribution in [0.5, 0.6) is 0 Å². The number of nitrogens with zero attached hydrogens (tertiary/aromatic N) is 3. The molecular formula is C14H14ClN3O3S. The molecule has 2 aliphatic heterocycles. The van der Waals surface area contributed by atoms with Crippen molar-refractivity contribution in [3.63, 3.8) is 0 Å². The third kappa shape index (κ3) is 2.07. The van der Waals surface area contributed by atoms with E-state index in [0.717, 1.165) is 17.3 Å². The van der Waals surface area contributed by atoms with Gasteiger partial charge in [0.25, 0.3) is 0 Å². The Morgan fingerprint density at radius 3 is 2.91 bits per heavy atom. The minimum Gasteiger partial charge on any atom is -0.343 e. The van der Waals surface area contributed by atoms with Crippen LogP contribution in [0.1, 0.15) is 19.2 Å². The van der Waals surface area contributed by atoms with Crippen LogP contribution in [0, 0.1) is 0 Å². The SMILES string of the molecule is CC1(C)O[C@@H]2[C@@H](O1)[C@@H](C=O)S[C@H]2n1ccc2c(Cl)ncnc21. The maximum Gasteiger partial charge on any atom is 0.163 e. The molecule has 0 bridgehead atoms. The fourth-order valence-corrected chi connectivity index (χ4v) is 4.70. The fourth-order valence-electron chi connectivity index (χ4n) is 3.09. The molecule has 2 fully saturated rings. The van der Waals surface area contributed by atoms with E-state index >= 15 is 0 Å². The zero-order chi connectivity index (χ0) is 15.5. The summed E-state index contributed by atoms with van der Waals surface area (Å²) < 4.78 is 13.9. The van der Waals surface area contributed by atoms with Crippen LogP contribution >= 0.6 is 23.4 Å². The van der Waals surface area contributed by atoms with Crippen LogP contribution in [0.4, 0.5) is 0 Å². The van der Waals surface area contributed by atoms with Crippen LogP contribution in [0.3, 0.4) is 0 Å². The standard InChI is InChI=1S/C14H14ClN3O3S/c1-14(2)20-9-8(5-19)22-13(10(9)21-14)18-4-3-7-11(15)16-6-17-12(7)18/h3-6,8-10,13H,1-2H3/t8-,9+,10-,13-/m1/s1. The summed E-state index contributed by atoms with van der Waals surface area (Å²) in [7, 11) is 0. The summed E-state index contributed by atoms with van der Waals surface area (Å²) in [4.78, 5) is 19.7. The van der Waals surface area contributed by atoms with Gasteiger partial charge in [-0.2, -0.15) is 0 Å². The van der Waals surface area contributed by atoms with Crippen LogP contribution in [0.15, 0.2) is 18.6 Å². The number of rotatable bonds is 2. The van der Waals surface area contributed by atoms with Crippen molar-refractivity contribution < 1.29 is 14.3 Å². The molecule has 116 valence electrons. The second-order valence-electron chi connectivity index (χ2n) is 5.82. The molecule has 6 nitrogen and oxygen atoms in total. The maximum atomic E-state index is 11.4. The van der Waals surface area contributed by atoms with E-state index in [4.69, 9.17) is 21.1 Å². The van der Waals surface area contributed by atoms with Gasteiger partial charge in [-0.1, -0.05) is 11.6 Å².